The van der Waals surface area contributed by atoms with Gasteiger partial charge in [0.05, 0.1) is 0 Å². The molecule has 3 nitrogen and oxygen atoms in total. The Labute approximate surface area is 117 Å². The standard InChI is InChI=1S/C16H27N3/c1-5-18-8-10-19(11-9-18)13-14-6-7-15(17-12-14)16(2,3)4/h6-7,12H,5,8-11,13H2,1-4H3. The highest BCUT2D eigenvalue weighted by Crippen LogP contribution is 2.20. The molecule has 106 valence electrons. The third-order valence-corrected chi connectivity index (χ3v) is 3.91. The van der Waals surface area contributed by atoms with Gasteiger partial charge >= 0.3 is 0 Å². The molecule has 1 aromatic rings. The zero-order valence-electron chi connectivity index (χ0n) is 12.8. The first-order valence-electron chi connectivity index (χ1n) is 7.39. The predicted molar refractivity (Wildman–Crippen MR) is 80.3 cm³/mol. The van der Waals surface area contributed by atoms with Gasteiger partial charge in [-0.25, -0.2) is 0 Å². The maximum atomic E-state index is 4.61. The molecule has 1 aliphatic heterocycles. The molecule has 0 amide bonds. The molecular weight excluding hydrogens is 234 g/mol. The molecule has 0 radical (unpaired) electrons. The van der Waals surface area contributed by atoms with E-state index in [9.17, 15) is 0 Å². The number of hydrogen-bond acceptors (Lipinski definition) is 3. The van der Waals surface area contributed by atoms with Crippen molar-refractivity contribution in [3.05, 3.63) is 29.6 Å². The van der Waals surface area contributed by atoms with Gasteiger partial charge in [-0.1, -0.05) is 33.8 Å². The van der Waals surface area contributed by atoms with Crippen LogP contribution in [0.1, 0.15) is 39.0 Å². The van der Waals surface area contributed by atoms with Crippen LogP contribution in [0, 0.1) is 0 Å². The first kappa shape index (κ1) is 14.5. The van der Waals surface area contributed by atoms with Crippen molar-refractivity contribution >= 4 is 0 Å². The summed E-state index contributed by atoms with van der Waals surface area (Å²) < 4.78 is 0. The lowest BCUT2D eigenvalue weighted by molar-refractivity contribution is 0.132. The molecule has 3 heteroatoms. The van der Waals surface area contributed by atoms with Gasteiger partial charge in [0.15, 0.2) is 0 Å². The Morgan fingerprint density at radius 2 is 1.68 bits per heavy atom. The van der Waals surface area contributed by atoms with Gasteiger partial charge in [-0.3, -0.25) is 9.88 Å². The number of hydrogen-bond donors (Lipinski definition) is 0. The van der Waals surface area contributed by atoms with Gasteiger partial charge < -0.3 is 4.90 Å². The van der Waals surface area contributed by atoms with E-state index in [1.807, 2.05) is 6.20 Å². The molecule has 1 aliphatic rings. The molecule has 2 heterocycles. The number of piperazine rings is 1. The van der Waals surface area contributed by atoms with Crippen molar-refractivity contribution in [1.82, 2.24) is 14.8 Å². The SMILES string of the molecule is CCN1CCN(Cc2ccc(C(C)(C)C)nc2)CC1. The number of aromatic nitrogens is 1. The van der Waals surface area contributed by atoms with Crippen LogP contribution in [0.5, 0.6) is 0 Å². The van der Waals surface area contributed by atoms with Crippen LogP contribution < -0.4 is 0 Å². The minimum atomic E-state index is 0.144. The molecule has 0 saturated carbocycles. The second-order valence-electron chi connectivity index (χ2n) is 6.51. The Morgan fingerprint density at radius 1 is 1.05 bits per heavy atom. The average molecular weight is 261 g/mol. The number of pyridine rings is 1. The van der Waals surface area contributed by atoms with E-state index in [2.05, 4.69) is 54.6 Å². The molecule has 0 bridgehead atoms. The lowest BCUT2D eigenvalue weighted by atomic mass is 9.91. The van der Waals surface area contributed by atoms with E-state index in [-0.39, 0.29) is 5.41 Å². The molecule has 0 unspecified atom stereocenters. The van der Waals surface area contributed by atoms with Crippen LogP contribution in [0.3, 0.4) is 0 Å². The Hall–Kier alpha value is -0.930. The zero-order valence-corrected chi connectivity index (χ0v) is 12.8. The minimum absolute atomic E-state index is 0.144. The Kier molecular flexibility index (Phi) is 4.58. The van der Waals surface area contributed by atoms with Crippen LogP contribution in [0.25, 0.3) is 0 Å². The molecule has 0 aliphatic carbocycles. The summed E-state index contributed by atoms with van der Waals surface area (Å²) in [4.78, 5) is 9.65. The lowest BCUT2D eigenvalue weighted by Gasteiger charge is -2.34. The maximum Gasteiger partial charge on any atom is 0.0457 e. The first-order valence-corrected chi connectivity index (χ1v) is 7.39. The van der Waals surface area contributed by atoms with Gasteiger partial charge in [-0.15, -0.1) is 0 Å². The Balaban J connectivity index is 1.90. The third kappa shape index (κ3) is 4.02. The molecule has 1 fully saturated rings. The summed E-state index contributed by atoms with van der Waals surface area (Å²) in [6, 6.07) is 4.41. The molecule has 0 aromatic carbocycles. The number of likely N-dealkylation sites (N-methyl/N-ethyl adjacent to an activating group) is 1. The van der Waals surface area contributed by atoms with E-state index < -0.39 is 0 Å². The van der Waals surface area contributed by atoms with Crippen LogP contribution >= 0.6 is 0 Å². The van der Waals surface area contributed by atoms with Gasteiger partial charge in [0, 0.05) is 50.0 Å². The van der Waals surface area contributed by atoms with Gasteiger partial charge in [0.1, 0.15) is 0 Å². The fourth-order valence-electron chi connectivity index (χ4n) is 2.48. The highest BCUT2D eigenvalue weighted by Gasteiger charge is 2.17. The highest BCUT2D eigenvalue weighted by atomic mass is 15.3. The summed E-state index contributed by atoms with van der Waals surface area (Å²) in [6.45, 7) is 15.8. The topological polar surface area (TPSA) is 19.4 Å². The van der Waals surface area contributed by atoms with Crippen molar-refractivity contribution in [2.45, 2.75) is 39.7 Å². The molecule has 0 spiro atoms. The summed E-state index contributed by atoms with van der Waals surface area (Å²) in [5.41, 5.74) is 2.65. The number of nitrogens with zero attached hydrogens (tertiary/aromatic N) is 3. The van der Waals surface area contributed by atoms with Crippen LogP contribution in [-0.2, 0) is 12.0 Å². The van der Waals surface area contributed by atoms with E-state index in [1.165, 1.54) is 44.0 Å². The second kappa shape index (κ2) is 6.02. The summed E-state index contributed by atoms with van der Waals surface area (Å²) >= 11 is 0. The van der Waals surface area contributed by atoms with Crippen LogP contribution in [0.4, 0.5) is 0 Å². The largest absolute Gasteiger partial charge is 0.301 e. The van der Waals surface area contributed by atoms with E-state index in [0.717, 1.165) is 6.54 Å². The third-order valence-electron chi connectivity index (χ3n) is 3.91. The molecule has 0 N–H and O–H groups in total. The first-order chi connectivity index (χ1) is 8.99. The van der Waals surface area contributed by atoms with Crippen molar-refractivity contribution in [3.8, 4) is 0 Å². The van der Waals surface area contributed by atoms with Crippen LogP contribution in [-0.4, -0.2) is 47.5 Å². The average Bonchev–Trinajstić information content (AvgIpc) is 2.39. The Bertz CT molecular complexity index is 383. The van der Waals surface area contributed by atoms with Gasteiger partial charge in [-0.05, 0) is 18.2 Å². The monoisotopic (exact) mass is 261 g/mol. The molecule has 1 aromatic heterocycles. The Morgan fingerprint density at radius 3 is 2.16 bits per heavy atom. The quantitative estimate of drug-likeness (QED) is 0.833. The van der Waals surface area contributed by atoms with Gasteiger partial charge in [0.25, 0.3) is 0 Å². The van der Waals surface area contributed by atoms with Gasteiger partial charge in [-0.2, -0.15) is 0 Å². The zero-order chi connectivity index (χ0) is 13.9. The molecule has 19 heavy (non-hydrogen) atoms. The molecule has 1 saturated heterocycles. The van der Waals surface area contributed by atoms with Crippen molar-refractivity contribution in [1.29, 1.82) is 0 Å². The van der Waals surface area contributed by atoms with Crippen molar-refractivity contribution in [2.75, 3.05) is 32.7 Å². The summed E-state index contributed by atoms with van der Waals surface area (Å²) in [5, 5.41) is 0. The minimum Gasteiger partial charge on any atom is -0.301 e. The summed E-state index contributed by atoms with van der Waals surface area (Å²) in [6.07, 6.45) is 2.05. The fraction of sp³-hybridized carbons (Fsp3) is 0.688. The molecule has 0 atom stereocenters. The van der Waals surface area contributed by atoms with E-state index in [1.54, 1.807) is 0 Å². The molecule has 2 rings (SSSR count). The van der Waals surface area contributed by atoms with Crippen molar-refractivity contribution < 1.29 is 0 Å². The fourth-order valence-corrected chi connectivity index (χ4v) is 2.48. The normalized spacial score (nSPS) is 18.7. The molecular formula is C16H27N3. The lowest BCUT2D eigenvalue weighted by Crippen LogP contribution is -2.45. The van der Waals surface area contributed by atoms with Crippen LogP contribution in [0.15, 0.2) is 18.3 Å². The van der Waals surface area contributed by atoms with E-state index in [0.29, 0.717) is 0 Å². The summed E-state index contributed by atoms with van der Waals surface area (Å²) in [7, 11) is 0. The van der Waals surface area contributed by atoms with Crippen LogP contribution in [0.2, 0.25) is 0 Å². The van der Waals surface area contributed by atoms with Crippen molar-refractivity contribution in [2.24, 2.45) is 0 Å². The van der Waals surface area contributed by atoms with E-state index in [4.69, 9.17) is 0 Å². The summed E-state index contributed by atoms with van der Waals surface area (Å²) in [5.74, 6) is 0. The number of rotatable bonds is 3. The smallest absolute Gasteiger partial charge is 0.0457 e. The van der Waals surface area contributed by atoms with Crippen molar-refractivity contribution in [3.63, 3.8) is 0 Å². The van der Waals surface area contributed by atoms with E-state index >= 15 is 0 Å². The predicted octanol–water partition coefficient (Wildman–Crippen LogP) is 2.52. The van der Waals surface area contributed by atoms with Gasteiger partial charge in [0.2, 0.25) is 0 Å². The second-order valence-corrected chi connectivity index (χ2v) is 6.51. The maximum absolute atomic E-state index is 4.61. The highest BCUT2D eigenvalue weighted by molar-refractivity contribution is 5.19.